The number of hydrogen-bond acceptors (Lipinski definition) is 5. The van der Waals surface area contributed by atoms with Crippen molar-refractivity contribution >= 4 is 21.6 Å². The van der Waals surface area contributed by atoms with Crippen molar-refractivity contribution in [3.63, 3.8) is 0 Å². The summed E-state index contributed by atoms with van der Waals surface area (Å²) in [6, 6.07) is 1.91. The molecular weight excluding hydrogens is 186 g/mol. The second kappa shape index (κ2) is 3.27. The largest absolute Gasteiger partial charge is 0.479 e. The molecule has 2 aromatic heterocycles. The predicted octanol–water partition coefficient (Wildman–Crippen LogP) is 1.16. The summed E-state index contributed by atoms with van der Waals surface area (Å²) in [6.07, 6.45) is 1.71. The molecule has 2 N–H and O–H groups in total. The summed E-state index contributed by atoms with van der Waals surface area (Å²) in [5.41, 5.74) is 6.29. The molecule has 5 heteroatoms. The standard InChI is InChI=1S/C8H9N3OS/c1-12-8-7-5(2-3-10-8)13-6(4-9)11-7/h2-3H,4,9H2,1H3. The number of methoxy groups -OCH3 is 1. The SMILES string of the molecule is COc1nccc2sc(CN)nc12. The third-order valence-electron chi connectivity index (χ3n) is 1.69. The molecule has 0 unspecified atom stereocenters. The lowest BCUT2D eigenvalue weighted by Crippen LogP contribution is -1.94. The van der Waals surface area contributed by atoms with E-state index in [1.165, 1.54) is 0 Å². The smallest absolute Gasteiger partial charge is 0.241 e. The van der Waals surface area contributed by atoms with E-state index < -0.39 is 0 Å². The topological polar surface area (TPSA) is 61.0 Å². The van der Waals surface area contributed by atoms with Crippen molar-refractivity contribution in [1.29, 1.82) is 0 Å². The summed E-state index contributed by atoms with van der Waals surface area (Å²) in [4.78, 5) is 8.36. The number of hydrogen-bond donors (Lipinski definition) is 1. The number of fused-ring (bicyclic) bond motifs is 1. The fourth-order valence-electron chi connectivity index (χ4n) is 1.11. The van der Waals surface area contributed by atoms with Gasteiger partial charge in [0.25, 0.3) is 0 Å². The molecule has 4 nitrogen and oxygen atoms in total. The van der Waals surface area contributed by atoms with Crippen molar-refractivity contribution in [2.45, 2.75) is 6.54 Å². The van der Waals surface area contributed by atoms with E-state index in [9.17, 15) is 0 Å². The maximum atomic E-state index is 5.49. The van der Waals surface area contributed by atoms with E-state index in [2.05, 4.69) is 9.97 Å². The number of thiazole rings is 1. The lowest BCUT2D eigenvalue weighted by atomic mass is 10.4. The monoisotopic (exact) mass is 195 g/mol. The zero-order valence-corrected chi connectivity index (χ0v) is 7.97. The highest BCUT2D eigenvalue weighted by atomic mass is 32.1. The van der Waals surface area contributed by atoms with Crippen LogP contribution in [0.2, 0.25) is 0 Å². The van der Waals surface area contributed by atoms with Crippen molar-refractivity contribution in [3.05, 3.63) is 17.3 Å². The Morgan fingerprint density at radius 3 is 3.15 bits per heavy atom. The first-order valence-electron chi connectivity index (χ1n) is 3.83. The van der Waals surface area contributed by atoms with Crippen LogP contribution in [-0.4, -0.2) is 17.1 Å². The Labute approximate surface area is 79.4 Å². The quantitative estimate of drug-likeness (QED) is 0.781. The summed E-state index contributed by atoms with van der Waals surface area (Å²) < 4.78 is 6.14. The highest BCUT2D eigenvalue weighted by molar-refractivity contribution is 7.18. The zero-order valence-electron chi connectivity index (χ0n) is 7.15. The molecule has 0 saturated heterocycles. The van der Waals surface area contributed by atoms with E-state index in [4.69, 9.17) is 10.5 Å². The van der Waals surface area contributed by atoms with Crippen molar-refractivity contribution in [2.24, 2.45) is 5.73 Å². The number of nitrogens with zero attached hydrogens (tertiary/aromatic N) is 2. The van der Waals surface area contributed by atoms with Gasteiger partial charge < -0.3 is 10.5 Å². The van der Waals surface area contributed by atoms with Gasteiger partial charge in [0.15, 0.2) is 0 Å². The molecule has 68 valence electrons. The van der Waals surface area contributed by atoms with Gasteiger partial charge in [-0.05, 0) is 6.07 Å². The fourth-order valence-corrected chi connectivity index (χ4v) is 1.95. The van der Waals surface area contributed by atoms with E-state index in [1.807, 2.05) is 6.07 Å². The average molecular weight is 195 g/mol. The van der Waals surface area contributed by atoms with E-state index >= 15 is 0 Å². The van der Waals surface area contributed by atoms with Crippen LogP contribution >= 0.6 is 11.3 Å². The third kappa shape index (κ3) is 1.36. The maximum Gasteiger partial charge on any atom is 0.241 e. The summed E-state index contributed by atoms with van der Waals surface area (Å²) >= 11 is 1.57. The van der Waals surface area contributed by atoms with Gasteiger partial charge in [-0.25, -0.2) is 9.97 Å². The molecule has 0 spiro atoms. The van der Waals surface area contributed by atoms with Gasteiger partial charge in [0.1, 0.15) is 10.5 Å². The van der Waals surface area contributed by atoms with E-state index in [0.29, 0.717) is 12.4 Å². The minimum Gasteiger partial charge on any atom is -0.479 e. The molecule has 0 aliphatic heterocycles. The second-order valence-corrected chi connectivity index (χ2v) is 3.59. The molecule has 2 heterocycles. The van der Waals surface area contributed by atoms with Crippen LogP contribution in [0.3, 0.4) is 0 Å². The molecule has 2 rings (SSSR count). The molecule has 0 saturated carbocycles. The molecule has 0 aliphatic rings. The normalized spacial score (nSPS) is 10.6. The first-order chi connectivity index (χ1) is 6.35. The Balaban J connectivity index is 2.67. The summed E-state index contributed by atoms with van der Waals surface area (Å²) in [6.45, 7) is 0.461. The Morgan fingerprint density at radius 1 is 1.62 bits per heavy atom. The summed E-state index contributed by atoms with van der Waals surface area (Å²) in [5.74, 6) is 0.563. The minimum absolute atomic E-state index is 0.461. The molecule has 13 heavy (non-hydrogen) atoms. The Bertz CT molecular complexity index is 426. The predicted molar refractivity (Wildman–Crippen MR) is 51.9 cm³/mol. The van der Waals surface area contributed by atoms with Gasteiger partial charge in [-0.2, -0.15) is 0 Å². The van der Waals surface area contributed by atoms with Crippen LogP contribution in [-0.2, 0) is 6.54 Å². The molecule has 0 amide bonds. The zero-order chi connectivity index (χ0) is 9.26. The van der Waals surface area contributed by atoms with Crippen molar-refractivity contribution < 1.29 is 4.74 Å². The van der Waals surface area contributed by atoms with Gasteiger partial charge in [-0.1, -0.05) is 0 Å². The van der Waals surface area contributed by atoms with Crippen LogP contribution in [0.1, 0.15) is 5.01 Å². The van der Waals surface area contributed by atoms with Crippen LogP contribution in [0.4, 0.5) is 0 Å². The van der Waals surface area contributed by atoms with Crippen LogP contribution < -0.4 is 10.5 Å². The lowest BCUT2D eigenvalue weighted by molar-refractivity contribution is 0.402. The molecule has 0 fully saturated rings. The lowest BCUT2D eigenvalue weighted by Gasteiger charge is -1.96. The molecule has 0 aromatic carbocycles. The molecular formula is C8H9N3OS. The first-order valence-corrected chi connectivity index (χ1v) is 4.65. The second-order valence-electron chi connectivity index (χ2n) is 2.48. The van der Waals surface area contributed by atoms with Gasteiger partial charge in [-0.3, -0.25) is 0 Å². The fraction of sp³-hybridized carbons (Fsp3) is 0.250. The van der Waals surface area contributed by atoms with Gasteiger partial charge in [0.05, 0.1) is 11.8 Å². The number of nitrogens with two attached hydrogens (primary N) is 1. The average Bonchev–Trinajstić information content (AvgIpc) is 2.59. The number of ether oxygens (including phenoxy) is 1. The van der Waals surface area contributed by atoms with Crippen molar-refractivity contribution in [3.8, 4) is 5.88 Å². The number of rotatable bonds is 2. The molecule has 2 aromatic rings. The van der Waals surface area contributed by atoms with E-state index in [0.717, 1.165) is 15.2 Å². The van der Waals surface area contributed by atoms with Crippen LogP contribution in [0, 0.1) is 0 Å². The minimum atomic E-state index is 0.461. The van der Waals surface area contributed by atoms with E-state index in [-0.39, 0.29) is 0 Å². The molecule has 0 atom stereocenters. The maximum absolute atomic E-state index is 5.49. The van der Waals surface area contributed by atoms with Gasteiger partial charge in [0.2, 0.25) is 5.88 Å². The van der Waals surface area contributed by atoms with E-state index in [1.54, 1.807) is 24.6 Å². The third-order valence-corrected chi connectivity index (χ3v) is 2.73. The van der Waals surface area contributed by atoms with Crippen LogP contribution in [0.15, 0.2) is 12.3 Å². The van der Waals surface area contributed by atoms with Gasteiger partial charge >= 0.3 is 0 Å². The van der Waals surface area contributed by atoms with Gasteiger partial charge in [-0.15, -0.1) is 11.3 Å². The summed E-state index contributed by atoms with van der Waals surface area (Å²) in [5, 5.41) is 0.904. The van der Waals surface area contributed by atoms with Crippen LogP contribution in [0.5, 0.6) is 5.88 Å². The van der Waals surface area contributed by atoms with Crippen molar-refractivity contribution in [1.82, 2.24) is 9.97 Å². The highest BCUT2D eigenvalue weighted by Gasteiger charge is 2.07. The van der Waals surface area contributed by atoms with Crippen molar-refractivity contribution in [2.75, 3.05) is 7.11 Å². The Hall–Kier alpha value is -1.20. The molecule has 0 radical (unpaired) electrons. The van der Waals surface area contributed by atoms with Gasteiger partial charge in [0, 0.05) is 12.7 Å². The molecule has 0 bridgehead atoms. The number of pyridine rings is 1. The van der Waals surface area contributed by atoms with Crippen LogP contribution in [0.25, 0.3) is 10.2 Å². The Morgan fingerprint density at radius 2 is 2.46 bits per heavy atom. The summed E-state index contributed by atoms with van der Waals surface area (Å²) in [7, 11) is 1.59. The highest BCUT2D eigenvalue weighted by Crippen LogP contribution is 2.27. The Kier molecular flexibility index (Phi) is 2.12. The molecule has 0 aliphatic carbocycles. The first kappa shape index (κ1) is 8.40. The number of aromatic nitrogens is 2.